The average molecular weight is 405 g/mol. The molecular weight excluding hydrogens is 356 g/mol. The van der Waals surface area contributed by atoms with Crippen LogP contribution in [0.1, 0.15) is 105 Å². The summed E-state index contributed by atoms with van der Waals surface area (Å²) in [6.45, 7) is 12.4. The Balaban J connectivity index is 1.50. The lowest BCUT2D eigenvalue weighted by Crippen LogP contribution is -2.58. The molecule has 0 radical (unpaired) electrons. The van der Waals surface area contributed by atoms with Crippen LogP contribution in [-0.2, 0) is 0 Å². The van der Waals surface area contributed by atoms with Gasteiger partial charge in [-0.3, -0.25) is 0 Å². The molecule has 4 rings (SSSR count). The Bertz CT molecular complexity index is 573. The molecule has 0 aromatic heterocycles. The number of aliphatic hydroxyl groups excluding tert-OH is 2. The van der Waals surface area contributed by atoms with Gasteiger partial charge < -0.3 is 10.2 Å². The molecular formula is C27H48O2. The van der Waals surface area contributed by atoms with Crippen molar-refractivity contribution in [3.8, 4) is 0 Å². The van der Waals surface area contributed by atoms with Crippen LogP contribution in [0.3, 0.4) is 0 Å². The van der Waals surface area contributed by atoms with Gasteiger partial charge in [0.15, 0.2) is 0 Å². The monoisotopic (exact) mass is 404 g/mol. The largest absolute Gasteiger partial charge is 0.393 e. The van der Waals surface area contributed by atoms with Crippen molar-refractivity contribution in [1.82, 2.24) is 0 Å². The van der Waals surface area contributed by atoms with E-state index in [4.69, 9.17) is 0 Å². The molecule has 0 spiro atoms. The molecule has 4 aliphatic carbocycles. The van der Waals surface area contributed by atoms with Crippen LogP contribution in [-0.4, -0.2) is 22.4 Å². The van der Waals surface area contributed by atoms with Crippen LogP contribution in [0.4, 0.5) is 0 Å². The molecule has 2 nitrogen and oxygen atoms in total. The normalized spacial score (nSPS) is 50.7. The lowest BCUT2D eigenvalue weighted by Gasteiger charge is -2.62. The first-order valence-corrected chi connectivity index (χ1v) is 13.0. The lowest BCUT2D eigenvalue weighted by atomic mass is 9.44. The summed E-state index contributed by atoms with van der Waals surface area (Å²) < 4.78 is 0. The minimum atomic E-state index is -0.193. The highest BCUT2D eigenvalue weighted by molar-refractivity contribution is 5.11. The molecule has 2 N–H and O–H groups in total. The van der Waals surface area contributed by atoms with Crippen molar-refractivity contribution in [3.63, 3.8) is 0 Å². The summed E-state index contributed by atoms with van der Waals surface area (Å²) in [7, 11) is 0. The van der Waals surface area contributed by atoms with Gasteiger partial charge in [0.2, 0.25) is 0 Å². The zero-order chi connectivity index (χ0) is 21.0. The van der Waals surface area contributed by atoms with Crippen molar-refractivity contribution < 1.29 is 10.2 Å². The summed E-state index contributed by atoms with van der Waals surface area (Å²) in [6.07, 6.45) is 13.3. The third-order valence-electron chi connectivity index (χ3n) is 10.9. The summed E-state index contributed by atoms with van der Waals surface area (Å²) >= 11 is 0. The molecule has 168 valence electrons. The van der Waals surface area contributed by atoms with Gasteiger partial charge in [-0.2, -0.15) is 0 Å². The second-order valence-corrected chi connectivity index (χ2v) is 12.8. The molecule has 29 heavy (non-hydrogen) atoms. The predicted octanol–water partition coefficient (Wildman–Crippen LogP) is 6.44. The van der Waals surface area contributed by atoms with Crippen LogP contribution in [0, 0.1) is 52.3 Å². The first-order valence-electron chi connectivity index (χ1n) is 13.0. The average Bonchev–Trinajstić information content (AvgIpc) is 3.00. The fourth-order valence-electron chi connectivity index (χ4n) is 9.30. The van der Waals surface area contributed by atoms with Gasteiger partial charge in [0, 0.05) is 0 Å². The van der Waals surface area contributed by atoms with Crippen molar-refractivity contribution in [2.75, 3.05) is 0 Å². The quantitative estimate of drug-likeness (QED) is 0.553. The highest BCUT2D eigenvalue weighted by Gasteiger charge is 2.62. The molecule has 0 aliphatic heterocycles. The first-order chi connectivity index (χ1) is 13.7. The summed E-state index contributed by atoms with van der Waals surface area (Å²) in [6, 6.07) is 0. The van der Waals surface area contributed by atoms with E-state index in [1.165, 1.54) is 44.9 Å². The van der Waals surface area contributed by atoms with Gasteiger partial charge in [-0.05, 0) is 104 Å². The Morgan fingerprint density at radius 1 is 0.793 bits per heavy atom. The van der Waals surface area contributed by atoms with E-state index in [1.807, 2.05) is 0 Å². The Morgan fingerprint density at radius 3 is 2.21 bits per heavy atom. The van der Waals surface area contributed by atoms with Crippen LogP contribution in [0.2, 0.25) is 0 Å². The Hall–Kier alpha value is -0.0800. The maximum atomic E-state index is 11.2. The number of aliphatic hydroxyl groups is 2. The molecule has 4 aliphatic rings. The van der Waals surface area contributed by atoms with E-state index < -0.39 is 0 Å². The van der Waals surface area contributed by atoms with Crippen molar-refractivity contribution >= 4 is 0 Å². The van der Waals surface area contributed by atoms with Crippen molar-refractivity contribution in [3.05, 3.63) is 0 Å². The number of hydrogen-bond donors (Lipinski definition) is 2. The van der Waals surface area contributed by atoms with E-state index in [0.717, 1.165) is 55.3 Å². The third-order valence-corrected chi connectivity index (χ3v) is 10.9. The Morgan fingerprint density at radius 2 is 1.48 bits per heavy atom. The molecule has 0 aromatic rings. The summed E-state index contributed by atoms with van der Waals surface area (Å²) in [5, 5.41) is 21.4. The Labute approximate surface area is 180 Å². The molecule has 2 heteroatoms. The van der Waals surface area contributed by atoms with Crippen LogP contribution in [0.25, 0.3) is 0 Å². The molecule has 0 saturated heterocycles. The highest BCUT2D eigenvalue weighted by Crippen LogP contribution is 2.68. The van der Waals surface area contributed by atoms with Gasteiger partial charge in [0.1, 0.15) is 0 Å². The maximum absolute atomic E-state index is 11.2. The molecule has 4 saturated carbocycles. The summed E-state index contributed by atoms with van der Waals surface area (Å²) in [4.78, 5) is 0. The smallest absolute Gasteiger partial charge is 0.0577 e. The lowest BCUT2D eigenvalue weighted by molar-refractivity contribution is -0.172. The van der Waals surface area contributed by atoms with E-state index in [2.05, 4.69) is 34.6 Å². The zero-order valence-corrected chi connectivity index (χ0v) is 19.9. The second-order valence-electron chi connectivity index (χ2n) is 12.8. The Kier molecular flexibility index (Phi) is 6.19. The molecule has 0 amide bonds. The van der Waals surface area contributed by atoms with Crippen LogP contribution >= 0.6 is 0 Å². The van der Waals surface area contributed by atoms with Crippen molar-refractivity contribution in [2.45, 2.75) is 117 Å². The summed E-state index contributed by atoms with van der Waals surface area (Å²) in [5.74, 6) is 5.20. The topological polar surface area (TPSA) is 40.5 Å². The second kappa shape index (κ2) is 8.12. The van der Waals surface area contributed by atoms with Gasteiger partial charge in [-0.15, -0.1) is 0 Å². The van der Waals surface area contributed by atoms with E-state index in [-0.39, 0.29) is 17.6 Å². The fourth-order valence-corrected chi connectivity index (χ4v) is 9.30. The molecule has 0 aromatic carbocycles. The van der Waals surface area contributed by atoms with Gasteiger partial charge in [0.25, 0.3) is 0 Å². The SMILES string of the molecule is CC(C)CCCC(C)[C@H]1CC[C@H]2[C@@H]3C[C@H](O)C4C[C@@H](O)CC[C@]4(C)[C@H]3CC[C@]12C. The minimum Gasteiger partial charge on any atom is -0.393 e. The minimum absolute atomic E-state index is 0.185. The van der Waals surface area contributed by atoms with Crippen molar-refractivity contribution in [2.24, 2.45) is 52.3 Å². The van der Waals surface area contributed by atoms with Gasteiger partial charge in [-0.25, -0.2) is 0 Å². The number of hydrogen-bond acceptors (Lipinski definition) is 2. The van der Waals surface area contributed by atoms with Gasteiger partial charge >= 0.3 is 0 Å². The number of rotatable bonds is 5. The molecule has 2 unspecified atom stereocenters. The van der Waals surface area contributed by atoms with Gasteiger partial charge in [-0.1, -0.05) is 53.9 Å². The van der Waals surface area contributed by atoms with Crippen LogP contribution in [0.15, 0.2) is 0 Å². The van der Waals surface area contributed by atoms with Crippen LogP contribution in [0.5, 0.6) is 0 Å². The number of fused-ring (bicyclic) bond motifs is 5. The van der Waals surface area contributed by atoms with Gasteiger partial charge in [0.05, 0.1) is 12.2 Å². The fraction of sp³-hybridized carbons (Fsp3) is 1.00. The molecule has 0 heterocycles. The standard InChI is InChI=1S/C27H48O2/c1-17(2)7-6-8-18(3)21-9-10-22-20-16-25(29)24-15-19(28)11-13-27(24,5)23(20)12-14-26(21,22)4/h17-25,28-29H,6-16H2,1-5H3/t18?,19-,20-,21+,22-,23-,24?,25-,26+,27+/m0/s1. The zero-order valence-electron chi connectivity index (χ0n) is 19.9. The molecule has 10 atom stereocenters. The summed E-state index contributed by atoms with van der Waals surface area (Å²) in [5.41, 5.74) is 0.749. The van der Waals surface area contributed by atoms with E-state index in [1.54, 1.807) is 0 Å². The highest BCUT2D eigenvalue weighted by atomic mass is 16.3. The third kappa shape index (κ3) is 3.73. The van der Waals surface area contributed by atoms with E-state index in [9.17, 15) is 10.2 Å². The maximum Gasteiger partial charge on any atom is 0.0577 e. The van der Waals surface area contributed by atoms with Crippen LogP contribution < -0.4 is 0 Å². The molecule has 0 bridgehead atoms. The van der Waals surface area contributed by atoms with E-state index in [0.29, 0.717) is 17.3 Å². The first kappa shape index (κ1) is 22.1. The predicted molar refractivity (Wildman–Crippen MR) is 120 cm³/mol. The molecule has 4 fully saturated rings. The van der Waals surface area contributed by atoms with Crippen molar-refractivity contribution in [1.29, 1.82) is 0 Å². The van der Waals surface area contributed by atoms with E-state index >= 15 is 0 Å².